The Morgan fingerprint density at radius 3 is 2.15 bits per heavy atom. The van der Waals surface area contributed by atoms with Gasteiger partial charge < -0.3 is 14.7 Å². The molecule has 8 nitrogen and oxygen atoms in total. The minimum Gasteiger partial charge on any atom is -0.452 e. The van der Waals surface area contributed by atoms with Crippen LogP contribution in [0.25, 0.3) is 5.53 Å². The molecule has 1 atom stereocenters. The van der Waals surface area contributed by atoms with Crippen molar-refractivity contribution in [3.63, 3.8) is 0 Å². The summed E-state index contributed by atoms with van der Waals surface area (Å²) in [5.41, 5.74) is 8.15. The predicted octanol–water partition coefficient (Wildman–Crippen LogP) is 3.11. The summed E-state index contributed by atoms with van der Waals surface area (Å²) < 4.78 is 11.3. The lowest BCUT2D eigenvalue weighted by molar-refractivity contribution is -0.384. The first-order valence-corrected chi connectivity index (χ1v) is 11.0. The Kier molecular flexibility index (Phi) is 6.97. The molecule has 0 aliphatic heterocycles. The summed E-state index contributed by atoms with van der Waals surface area (Å²) in [7, 11) is -1.57. The third kappa shape index (κ3) is 5.07. The molecular formula is C17H25N3O5Si. The van der Waals surface area contributed by atoms with Gasteiger partial charge in [-0.05, 0) is 37.7 Å². The summed E-state index contributed by atoms with van der Waals surface area (Å²) >= 11 is 0. The van der Waals surface area contributed by atoms with Crippen molar-refractivity contribution in [2.24, 2.45) is 5.41 Å². The molecule has 0 N–H and O–H groups in total. The maximum Gasteiger partial charge on any atom is 0.420 e. The van der Waals surface area contributed by atoms with E-state index in [4.69, 9.17) is 9.16 Å². The van der Waals surface area contributed by atoms with E-state index in [0.29, 0.717) is 5.56 Å². The van der Waals surface area contributed by atoms with E-state index >= 15 is 0 Å². The van der Waals surface area contributed by atoms with Crippen molar-refractivity contribution in [3.05, 3.63) is 45.5 Å². The number of non-ortho nitro benzene ring substituents is 1. The van der Waals surface area contributed by atoms with Gasteiger partial charge in [-0.15, -0.1) is 0 Å². The number of nitrogens with zero attached hydrogens (tertiary/aromatic N) is 3. The molecule has 0 fully saturated rings. The smallest absolute Gasteiger partial charge is 0.420 e. The van der Waals surface area contributed by atoms with Crippen LogP contribution >= 0.6 is 0 Å². The normalized spacial score (nSPS) is 13.7. The van der Waals surface area contributed by atoms with E-state index in [-0.39, 0.29) is 18.0 Å². The second-order valence-electron chi connectivity index (χ2n) is 7.40. The van der Waals surface area contributed by atoms with E-state index in [0.717, 1.165) is 0 Å². The van der Waals surface area contributed by atoms with Crippen LogP contribution in [0.4, 0.5) is 5.69 Å². The standard InChI is InChI=1S/C17H25N3O5Si/c1-16(2,3)17(4,25-26(5)6)14(19-18)15(21)24-11-12-7-9-13(10-8-12)20(22)23/h7-10,26H,11H2,1-6H3. The molecule has 9 heteroatoms. The molecule has 0 bridgehead atoms. The van der Waals surface area contributed by atoms with Crippen molar-refractivity contribution in [1.82, 2.24) is 0 Å². The maximum atomic E-state index is 12.5. The van der Waals surface area contributed by atoms with Gasteiger partial charge in [0.25, 0.3) is 5.69 Å². The first-order valence-electron chi connectivity index (χ1n) is 8.23. The number of nitro benzene ring substituents is 1. The van der Waals surface area contributed by atoms with Crippen molar-refractivity contribution in [1.29, 1.82) is 0 Å². The van der Waals surface area contributed by atoms with Gasteiger partial charge in [0.05, 0.1) is 4.92 Å². The van der Waals surface area contributed by atoms with Crippen LogP contribution in [-0.4, -0.2) is 36.0 Å². The van der Waals surface area contributed by atoms with Gasteiger partial charge in [-0.3, -0.25) is 10.1 Å². The lowest BCUT2D eigenvalue weighted by Crippen LogP contribution is -2.55. The van der Waals surface area contributed by atoms with Crippen molar-refractivity contribution in [3.8, 4) is 0 Å². The molecule has 0 spiro atoms. The van der Waals surface area contributed by atoms with Gasteiger partial charge in [0.1, 0.15) is 6.61 Å². The Bertz CT molecular complexity index is 721. The third-order valence-electron chi connectivity index (χ3n) is 4.16. The van der Waals surface area contributed by atoms with E-state index in [1.807, 2.05) is 33.9 Å². The zero-order chi connectivity index (χ0) is 20.1. The molecule has 1 aromatic carbocycles. The fourth-order valence-corrected chi connectivity index (χ4v) is 3.73. The molecule has 1 aromatic rings. The van der Waals surface area contributed by atoms with Gasteiger partial charge in [0.15, 0.2) is 14.6 Å². The Balaban J connectivity index is 2.97. The van der Waals surface area contributed by atoms with Gasteiger partial charge in [-0.1, -0.05) is 20.8 Å². The number of hydrogen-bond acceptors (Lipinski definition) is 5. The summed E-state index contributed by atoms with van der Waals surface area (Å²) in [4.78, 5) is 25.9. The van der Waals surface area contributed by atoms with Crippen LogP contribution in [0.1, 0.15) is 33.3 Å². The van der Waals surface area contributed by atoms with Crippen molar-refractivity contribution < 1.29 is 23.7 Å². The van der Waals surface area contributed by atoms with Gasteiger partial charge in [0.2, 0.25) is 0 Å². The Labute approximate surface area is 154 Å². The summed E-state index contributed by atoms with van der Waals surface area (Å²) in [6.45, 7) is 11.2. The topological polar surface area (TPSA) is 115 Å². The van der Waals surface area contributed by atoms with Gasteiger partial charge in [-0.25, -0.2) is 4.79 Å². The van der Waals surface area contributed by atoms with Crippen LogP contribution in [0.2, 0.25) is 13.1 Å². The van der Waals surface area contributed by atoms with Gasteiger partial charge in [-0.2, -0.15) is 4.79 Å². The van der Waals surface area contributed by atoms with E-state index < -0.39 is 30.9 Å². The monoisotopic (exact) mass is 379 g/mol. The number of carbonyl (C=O) groups excluding carboxylic acids is 1. The maximum absolute atomic E-state index is 12.5. The number of benzene rings is 1. The molecule has 1 rings (SSSR count). The predicted molar refractivity (Wildman–Crippen MR) is 99.3 cm³/mol. The zero-order valence-electron chi connectivity index (χ0n) is 16.0. The second-order valence-corrected chi connectivity index (χ2v) is 9.73. The van der Waals surface area contributed by atoms with Crippen molar-refractivity contribution >= 4 is 26.4 Å². The first kappa shape index (κ1) is 21.7. The fraction of sp³-hybridized carbons (Fsp3) is 0.529. The molecule has 0 radical (unpaired) electrons. The molecule has 1 unspecified atom stereocenters. The highest BCUT2D eigenvalue weighted by molar-refractivity contribution is 6.49. The number of nitro groups is 1. The molecule has 0 saturated carbocycles. The number of rotatable bonds is 7. The summed E-state index contributed by atoms with van der Waals surface area (Å²) in [6, 6.07) is 5.66. The van der Waals surface area contributed by atoms with Crippen LogP contribution in [0.5, 0.6) is 0 Å². The number of ether oxygens (including phenoxy) is 1. The Morgan fingerprint density at radius 1 is 1.23 bits per heavy atom. The van der Waals surface area contributed by atoms with E-state index in [1.165, 1.54) is 24.3 Å². The van der Waals surface area contributed by atoms with Crippen LogP contribution in [0, 0.1) is 15.5 Å². The summed E-state index contributed by atoms with van der Waals surface area (Å²) in [5, 5.41) is 10.7. The van der Waals surface area contributed by atoms with Crippen LogP contribution in [-0.2, 0) is 20.6 Å². The largest absolute Gasteiger partial charge is 0.452 e. The minimum absolute atomic E-state index is 0.0479. The molecule has 142 valence electrons. The minimum atomic E-state index is -1.57. The summed E-state index contributed by atoms with van der Waals surface area (Å²) in [5.74, 6) is -0.794. The molecule has 0 aliphatic rings. The number of carbonyl (C=O) groups is 1. The highest BCUT2D eigenvalue weighted by Gasteiger charge is 2.53. The lowest BCUT2D eigenvalue weighted by atomic mass is 9.74. The van der Waals surface area contributed by atoms with Crippen LogP contribution < -0.4 is 0 Å². The highest BCUT2D eigenvalue weighted by Crippen LogP contribution is 2.35. The second kappa shape index (κ2) is 8.35. The highest BCUT2D eigenvalue weighted by atomic mass is 28.3. The fourth-order valence-electron chi connectivity index (χ4n) is 2.32. The van der Waals surface area contributed by atoms with Crippen molar-refractivity contribution in [2.45, 2.75) is 53.0 Å². The Hall–Kier alpha value is -2.35. The van der Waals surface area contributed by atoms with E-state index in [2.05, 4.69) is 4.79 Å². The first-order chi connectivity index (χ1) is 11.9. The summed E-state index contributed by atoms with van der Waals surface area (Å²) in [6.07, 6.45) is 0. The average Bonchev–Trinajstić information content (AvgIpc) is 2.52. The van der Waals surface area contributed by atoms with Crippen LogP contribution in [0.3, 0.4) is 0 Å². The zero-order valence-corrected chi connectivity index (χ0v) is 17.1. The van der Waals surface area contributed by atoms with Crippen LogP contribution in [0.15, 0.2) is 24.3 Å². The molecular weight excluding hydrogens is 354 g/mol. The lowest BCUT2D eigenvalue weighted by Gasteiger charge is -2.38. The quantitative estimate of drug-likeness (QED) is 0.137. The average molecular weight is 379 g/mol. The molecule has 0 amide bonds. The molecule has 0 aromatic heterocycles. The van der Waals surface area contributed by atoms with E-state index in [1.54, 1.807) is 6.92 Å². The Morgan fingerprint density at radius 2 is 1.77 bits per heavy atom. The van der Waals surface area contributed by atoms with E-state index in [9.17, 15) is 20.4 Å². The third-order valence-corrected chi connectivity index (χ3v) is 5.11. The van der Waals surface area contributed by atoms with Gasteiger partial charge >= 0.3 is 11.7 Å². The molecule has 0 saturated heterocycles. The SMILES string of the molecule is C[SiH](C)OC(C)(C(=[N+]=[N-])C(=O)OCc1ccc([N+](=O)[O-])cc1)C(C)(C)C. The molecule has 0 aliphatic carbocycles. The van der Waals surface area contributed by atoms with Gasteiger partial charge in [0, 0.05) is 17.5 Å². The van der Waals surface area contributed by atoms with Crippen molar-refractivity contribution in [2.75, 3.05) is 0 Å². The number of esters is 1. The molecule has 0 heterocycles. The number of hydrogen-bond donors (Lipinski definition) is 0. The molecule has 26 heavy (non-hydrogen) atoms.